The number of benzene rings is 1. The van der Waals surface area contributed by atoms with Crippen molar-refractivity contribution < 1.29 is 9.90 Å². The van der Waals surface area contributed by atoms with Crippen molar-refractivity contribution >= 4 is 5.91 Å². The molecule has 1 saturated heterocycles. The van der Waals surface area contributed by atoms with E-state index in [1.165, 1.54) is 0 Å². The van der Waals surface area contributed by atoms with Crippen LogP contribution in [0.1, 0.15) is 36.2 Å². The summed E-state index contributed by atoms with van der Waals surface area (Å²) in [6.45, 7) is 9.88. The van der Waals surface area contributed by atoms with Crippen LogP contribution in [0.3, 0.4) is 0 Å². The van der Waals surface area contributed by atoms with E-state index in [2.05, 4.69) is 18.7 Å². The first-order valence-electron chi connectivity index (χ1n) is 7.39. The van der Waals surface area contributed by atoms with Crippen LogP contribution >= 0.6 is 0 Å². The Kier molecular flexibility index (Phi) is 4.65. The summed E-state index contributed by atoms with van der Waals surface area (Å²) in [5.74, 6) is 0.290. The molecule has 20 heavy (non-hydrogen) atoms. The van der Waals surface area contributed by atoms with Crippen molar-refractivity contribution in [2.75, 3.05) is 26.2 Å². The molecule has 0 aliphatic carbocycles. The van der Waals surface area contributed by atoms with E-state index >= 15 is 0 Å². The van der Waals surface area contributed by atoms with Gasteiger partial charge >= 0.3 is 0 Å². The third-order valence-electron chi connectivity index (χ3n) is 4.22. The van der Waals surface area contributed by atoms with E-state index in [-0.39, 0.29) is 11.7 Å². The Morgan fingerprint density at radius 3 is 2.70 bits per heavy atom. The maximum Gasteiger partial charge on any atom is 0.254 e. The number of hydrogen-bond donors (Lipinski definition) is 1. The van der Waals surface area contributed by atoms with Crippen molar-refractivity contribution in [2.24, 2.45) is 0 Å². The van der Waals surface area contributed by atoms with Gasteiger partial charge in [0.15, 0.2) is 0 Å². The van der Waals surface area contributed by atoms with Crippen molar-refractivity contribution in [3.63, 3.8) is 0 Å². The number of likely N-dealkylation sites (tertiary alicyclic amines) is 1. The molecule has 1 aromatic carbocycles. The molecule has 0 bridgehead atoms. The van der Waals surface area contributed by atoms with Crippen LogP contribution in [-0.4, -0.2) is 53.0 Å². The number of phenolic OH excluding ortho intramolecular Hbond substituents is 1. The fourth-order valence-electron chi connectivity index (χ4n) is 3.02. The van der Waals surface area contributed by atoms with Gasteiger partial charge in [-0.25, -0.2) is 0 Å². The van der Waals surface area contributed by atoms with Gasteiger partial charge in [0.25, 0.3) is 5.91 Å². The van der Waals surface area contributed by atoms with Gasteiger partial charge in [0.05, 0.1) is 0 Å². The number of carbonyl (C=O) groups excluding carboxylic acids is 1. The third-order valence-corrected chi connectivity index (χ3v) is 4.22. The zero-order valence-electron chi connectivity index (χ0n) is 12.6. The molecule has 1 fully saturated rings. The van der Waals surface area contributed by atoms with E-state index in [0.29, 0.717) is 11.6 Å². The van der Waals surface area contributed by atoms with Gasteiger partial charge in [0.1, 0.15) is 5.75 Å². The van der Waals surface area contributed by atoms with Crippen LogP contribution in [0.5, 0.6) is 5.75 Å². The van der Waals surface area contributed by atoms with Crippen molar-refractivity contribution in [1.82, 2.24) is 9.80 Å². The van der Waals surface area contributed by atoms with Crippen molar-refractivity contribution in [1.29, 1.82) is 0 Å². The summed E-state index contributed by atoms with van der Waals surface area (Å²) in [4.78, 5) is 16.9. The number of phenols is 1. The summed E-state index contributed by atoms with van der Waals surface area (Å²) in [5, 5.41) is 9.43. The van der Waals surface area contributed by atoms with Gasteiger partial charge in [-0.1, -0.05) is 13.8 Å². The van der Waals surface area contributed by atoms with Gasteiger partial charge in [-0.05, 0) is 50.2 Å². The van der Waals surface area contributed by atoms with Gasteiger partial charge in [-0.2, -0.15) is 0 Å². The zero-order chi connectivity index (χ0) is 14.7. The van der Waals surface area contributed by atoms with Crippen LogP contribution in [0, 0.1) is 6.92 Å². The number of likely N-dealkylation sites (N-methyl/N-ethyl adjacent to an activating group) is 1. The fourth-order valence-corrected chi connectivity index (χ4v) is 3.02. The van der Waals surface area contributed by atoms with Crippen molar-refractivity contribution in [3.8, 4) is 5.75 Å². The molecule has 1 aromatic rings. The third kappa shape index (κ3) is 2.96. The van der Waals surface area contributed by atoms with E-state index in [4.69, 9.17) is 0 Å². The first-order chi connectivity index (χ1) is 9.56. The molecule has 1 atom stereocenters. The topological polar surface area (TPSA) is 43.8 Å². The first kappa shape index (κ1) is 14.9. The largest absolute Gasteiger partial charge is 0.508 e. The van der Waals surface area contributed by atoms with Crippen LogP contribution in [-0.2, 0) is 0 Å². The molecular weight excluding hydrogens is 252 g/mol. The quantitative estimate of drug-likeness (QED) is 0.917. The van der Waals surface area contributed by atoms with E-state index in [1.807, 2.05) is 11.8 Å². The SMILES string of the molecule is CCN(CC)C1CCN(C(=O)c2ccc(O)cc2C)C1. The van der Waals surface area contributed by atoms with Crippen molar-refractivity contribution in [2.45, 2.75) is 33.2 Å². The Hall–Kier alpha value is -1.55. The van der Waals surface area contributed by atoms with Crippen LogP contribution in [0.2, 0.25) is 0 Å². The Morgan fingerprint density at radius 1 is 1.40 bits per heavy atom. The maximum absolute atomic E-state index is 12.5. The highest BCUT2D eigenvalue weighted by atomic mass is 16.3. The summed E-state index contributed by atoms with van der Waals surface area (Å²) in [5.41, 5.74) is 1.53. The summed E-state index contributed by atoms with van der Waals surface area (Å²) in [7, 11) is 0. The van der Waals surface area contributed by atoms with Gasteiger partial charge in [0.2, 0.25) is 0 Å². The number of aryl methyl sites for hydroxylation is 1. The summed E-state index contributed by atoms with van der Waals surface area (Å²) >= 11 is 0. The fraction of sp³-hybridized carbons (Fsp3) is 0.562. The highest BCUT2D eigenvalue weighted by Gasteiger charge is 2.30. The predicted molar refractivity (Wildman–Crippen MR) is 80.1 cm³/mol. The Bertz CT molecular complexity index is 483. The van der Waals surface area contributed by atoms with Gasteiger partial charge in [-0.15, -0.1) is 0 Å². The molecule has 110 valence electrons. The summed E-state index contributed by atoms with van der Waals surface area (Å²) in [6, 6.07) is 5.42. The second-order valence-corrected chi connectivity index (χ2v) is 5.41. The number of rotatable bonds is 4. The molecule has 1 aliphatic rings. The first-order valence-corrected chi connectivity index (χ1v) is 7.39. The molecule has 1 unspecified atom stereocenters. The standard InChI is InChI=1S/C16H24N2O2/c1-4-17(5-2)13-8-9-18(11-13)16(20)15-7-6-14(19)10-12(15)3/h6-7,10,13,19H,4-5,8-9,11H2,1-3H3. The van der Waals surface area contributed by atoms with E-state index in [1.54, 1.807) is 18.2 Å². The smallest absolute Gasteiger partial charge is 0.254 e. The Balaban J connectivity index is 2.08. The average Bonchev–Trinajstić information content (AvgIpc) is 2.89. The van der Waals surface area contributed by atoms with Crippen LogP contribution in [0.15, 0.2) is 18.2 Å². The lowest BCUT2D eigenvalue weighted by Crippen LogP contribution is -2.38. The monoisotopic (exact) mass is 276 g/mol. The minimum absolute atomic E-state index is 0.0807. The van der Waals surface area contributed by atoms with Crippen LogP contribution in [0.4, 0.5) is 0 Å². The van der Waals surface area contributed by atoms with Gasteiger partial charge in [0, 0.05) is 24.7 Å². The molecule has 2 rings (SSSR count). The maximum atomic E-state index is 12.5. The predicted octanol–water partition coefficient (Wildman–Crippen LogP) is 2.26. The highest BCUT2D eigenvalue weighted by molar-refractivity contribution is 5.96. The molecule has 1 N–H and O–H groups in total. The Labute approximate surface area is 121 Å². The van der Waals surface area contributed by atoms with Gasteiger partial charge < -0.3 is 10.0 Å². The highest BCUT2D eigenvalue weighted by Crippen LogP contribution is 2.21. The van der Waals surface area contributed by atoms with Crippen LogP contribution < -0.4 is 0 Å². The minimum Gasteiger partial charge on any atom is -0.508 e. The zero-order valence-corrected chi connectivity index (χ0v) is 12.6. The Morgan fingerprint density at radius 2 is 2.10 bits per heavy atom. The molecule has 1 aliphatic heterocycles. The molecule has 0 spiro atoms. The molecule has 1 amide bonds. The summed E-state index contributed by atoms with van der Waals surface area (Å²) in [6.07, 6.45) is 1.05. The number of hydrogen-bond acceptors (Lipinski definition) is 3. The number of nitrogens with zero attached hydrogens (tertiary/aromatic N) is 2. The average molecular weight is 276 g/mol. The number of carbonyl (C=O) groups is 1. The molecule has 0 saturated carbocycles. The van der Waals surface area contributed by atoms with E-state index in [0.717, 1.165) is 38.2 Å². The number of amides is 1. The molecule has 0 radical (unpaired) electrons. The molecule has 1 heterocycles. The minimum atomic E-state index is 0.0807. The second-order valence-electron chi connectivity index (χ2n) is 5.41. The van der Waals surface area contributed by atoms with Crippen LogP contribution in [0.25, 0.3) is 0 Å². The van der Waals surface area contributed by atoms with Crippen molar-refractivity contribution in [3.05, 3.63) is 29.3 Å². The second kappa shape index (κ2) is 6.27. The normalized spacial score (nSPS) is 18.8. The number of aromatic hydroxyl groups is 1. The molecule has 0 aromatic heterocycles. The molecule has 4 nitrogen and oxygen atoms in total. The summed E-state index contributed by atoms with van der Waals surface area (Å²) < 4.78 is 0. The van der Waals surface area contributed by atoms with E-state index in [9.17, 15) is 9.90 Å². The van der Waals surface area contributed by atoms with Gasteiger partial charge in [-0.3, -0.25) is 9.69 Å². The van der Waals surface area contributed by atoms with E-state index < -0.39 is 0 Å². The molecule has 4 heteroatoms. The lowest BCUT2D eigenvalue weighted by molar-refractivity contribution is 0.0777. The lowest BCUT2D eigenvalue weighted by atomic mass is 10.1. The lowest BCUT2D eigenvalue weighted by Gasteiger charge is -2.26. The molecular formula is C16H24N2O2.